The average Bonchev–Trinajstić information content (AvgIpc) is 2.50. The highest BCUT2D eigenvalue weighted by Crippen LogP contribution is 2.17. The van der Waals surface area contributed by atoms with Crippen molar-refractivity contribution >= 4 is 22.6 Å². The van der Waals surface area contributed by atoms with Crippen molar-refractivity contribution < 1.29 is 8.42 Å². The molecule has 0 fully saturated rings. The lowest BCUT2D eigenvalue weighted by Gasteiger charge is -2.19. The molecule has 0 aliphatic rings. The van der Waals surface area contributed by atoms with Gasteiger partial charge in [0, 0.05) is 26.2 Å². The molecule has 1 aromatic carbocycles. The highest BCUT2D eigenvalue weighted by molar-refractivity contribution is 7.87. The topological polar surface area (TPSA) is 75.4 Å². The minimum absolute atomic E-state index is 0. The molecule has 0 saturated carbocycles. The predicted octanol–water partition coefficient (Wildman–Crippen LogP) is 2.80. The summed E-state index contributed by atoms with van der Waals surface area (Å²) < 4.78 is 28.1. The van der Waals surface area contributed by atoms with E-state index in [2.05, 4.69) is 18.6 Å². The molecule has 0 radical (unpaired) electrons. The lowest BCUT2D eigenvalue weighted by molar-refractivity contribution is 0.446. The quantitative estimate of drug-likeness (QED) is 0.708. The second-order valence-electron chi connectivity index (χ2n) is 5.96. The van der Waals surface area contributed by atoms with Crippen molar-refractivity contribution in [3.8, 4) is 0 Å². The molecule has 0 aliphatic carbocycles. The first-order valence-corrected chi connectivity index (χ1v) is 9.28. The number of rotatable bonds is 9. The summed E-state index contributed by atoms with van der Waals surface area (Å²) in [5.41, 5.74) is 8.26. The molecule has 1 unspecified atom stereocenters. The van der Waals surface area contributed by atoms with Gasteiger partial charge in [0.2, 0.25) is 0 Å². The standard InChI is InChI=1S/C16H29N3O2S.ClH/c1-5-6-11-19(4)22(20,21)18-12-16(17)15-9-7-14(8-10-15)13(2)3;/h7-10,13,16,18H,5-6,11-12,17H2,1-4H3;1H. The molecular weight excluding hydrogens is 334 g/mol. The first kappa shape index (κ1) is 22.3. The minimum atomic E-state index is -3.45. The number of nitrogens with zero attached hydrogens (tertiary/aromatic N) is 1. The van der Waals surface area contributed by atoms with Crippen molar-refractivity contribution in [3.63, 3.8) is 0 Å². The Morgan fingerprint density at radius 1 is 1.17 bits per heavy atom. The molecule has 0 bridgehead atoms. The van der Waals surface area contributed by atoms with Crippen LogP contribution in [-0.2, 0) is 10.2 Å². The van der Waals surface area contributed by atoms with Crippen molar-refractivity contribution in [2.75, 3.05) is 20.1 Å². The monoisotopic (exact) mass is 363 g/mol. The molecule has 0 aliphatic heterocycles. The molecule has 1 rings (SSSR count). The van der Waals surface area contributed by atoms with Gasteiger partial charge >= 0.3 is 0 Å². The molecule has 134 valence electrons. The van der Waals surface area contributed by atoms with E-state index in [0.29, 0.717) is 12.5 Å². The van der Waals surface area contributed by atoms with Crippen LogP contribution in [0.4, 0.5) is 0 Å². The van der Waals surface area contributed by atoms with E-state index < -0.39 is 10.2 Å². The van der Waals surface area contributed by atoms with Gasteiger partial charge < -0.3 is 5.73 Å². The number of unbranched alkanes of at least 4 members (excludes halogenated alkanes) is 1. The van der Waals surface area contributed by atoms with Crippen LogP contribution in [0.15, 0.2) is 24.3 Å². The molecule has 7 heteroatoms. The number of nitrogens with two attached hydrogens (primary N) is 1. The SMILES string of the molecule is CCCCN(C)S(=O)(=O)NCC(N)c1ccc(C(C)C)cc1.Cl. The third-order valence-corrected chi connectivity index (χ3v) is 5.29. The largest absolute Gasteiger partial charge is 0.323 e. The second kappa shape index (κ2) is 10.3. The zero-order valence-electron chi connectivity index (χ0n) is 14.5. The van der Waals surface area contributed by atoms with E-state index in [4.69, 9.17) is 5.73 Å². The fraction of sp³-hybridized carbons (Fsp3) is 0.625. The fourth-order valence-corrected chi connectivity index (χ4v) is 3.03. The van der Waals surface area contributed by atoms with Gasteiger partial charge in [-0.15, -0.1) is 12.4 Å². The highest BCUT2D eigenvalue weighted by Gasteiger charge is 2.18. The Bertz CT molecular complexity index is 547. The van der Waals surface area contributed by atoms with Crippen molar-refractivity contribution in [2.24, 2.45) is 5.73 Å². The summed E-state index contributed by atoms with van der Waals surface area (Å²) in [5, 5.41) is 0. The van der Waals surface area contributed by atoms with Crippen molar-refractivity contribution in [3.05, 3.63) is 35.4 Å². The number of hydrogen-bond donors (Lipinski definition) is 2. The summed E-state index contributed by atoms with van der Waals surface area (Å²) in [5.74, 6) is 0.469. The molecule has 0 heterocycles. The van der Waals surface area contributed by atoms with Crippen LogP contribution in [0, 0.1) is 0 Å². The zero-order chi connectivity index (χ0) is 16.8. The van der Waals surface area contributed by atoms with E-state index in [1.54, 1.807) is 7.05 Å². The lowest BCUT2D eigenvalue weighted by atomic mass is 9.99. The maximum absolute atomic E-state index is 12.1. The van der Waals surface area contributed by atoms with Gasteiger partial charge in [0.05, 0.1) is 0 Å². The predicted molar refractivity (Wildman–Crippen MR) is 99.2 cm³/mol. The Morgan fingerprint density at radius 2 is 1.70 bits per heavy atom. The second-order valence-corrected chi connectivity index (χ2v) is 7.82. The van der Waals surface area contributed by atoms with Gasteiger partial charge in [0.15, 0.2) is 0 Å². The minimum Gasteiger partial charge on any atom is -0.323 e. The van der Waals surface area contributed by atoms with E-state index in [1.165, 1.54) is 9.87 Å². The summed E-state index contributed by atoms with van der Waals surface area (Å²) in [6.07, 6.45) is 1.81. The number of halogens is 1. The molecule has 0 amide bonds. The van der Waals surface area contributed by atoms with Gasteiger partial charge in [0.1, 0.15) is 0 Å². The van der Waals surface area contributed by atoms with Gasteiger partial charge in [0.25, 0.3) is 10.2 Å². The fourth-order valence-electron chi connectivity index (χ4n) is 2.05. The first-order valence-electron chi connectivity index (χ1n) is 7.84. The van der Waals surface area contributed by atoms with E-state index in [0.717, 1.165) is 18.4 Å². The third-order valence-electron chi connectivity index (χ3n) is 3.75. The van der Waals surface area contributed by atoms with Crippen LogP contribution in [0.5, 0.6) is 0 Å². The zero-order valence-corrected chi connectivity index (χ0v) is 16.1. The van der Waals surface area contributed by atoms with Crippen LogP contribution in [0.25, 0.3) is 0 Å². The molecule has 1 aromatic rings. The van der Waals surface area contributed by atoms with Gasteiger partial charge in [-0.2, -0.15) is 12.7 Å². The van der Waals surface area contributed by atoms with Gasteiger partial charge in [-0.05, 0) is 23.5 Å². The van der Waals surface area contributed by atoms with E-state index in [-0.39, 0.29) is 25.0 Å². The van der Waals surface area contributed by atoms with E-state index in [9.17, 15) is 8.42 Å². The first-order chi connectivity index (χ1) is 10.3. The highest BCUT2D eigenvalue weighted by atomic mass is 35.5. The van der Waals surface area contributed by atoms with Gasteiger partial charge in [-0.1, -0.05) is 51.5 Å². The summed E-state index contributed by atoms with van der Waals surface area (Å²) in [4.78, 5) is 0. The number of hydrogen-bond acceptors (Lipinski definition) is 3. The molecular formula is C16H30ClN3O2S. The Labute approximate surface area is 147 Å². The third kappa shape index (κ3) is 7.18. The molecule has 0 saturated heterocycles. The van der Waals surface area contributed by atoms with E-state index >= 15 is 0 Å². The molecule has 23 heavy (non-hydrogen) atoms. The molecule has 1 atom stereocenters. The Hall–Kier alpha value is -0.660. The summed E-state index contributed by atoms with van der Waals surface area (Å²) in [6.45, 7) is 7.01. The smallest absolute Gasteiger partial charge is 0.279 e. The van der Waals surface area contributed by atoms with Crippen LogP contribution in [0.1, 0.15) is 56.7 Å². The van der Waals surface area contributed by atoms with Crippen LogP contribution >= 0.6 is 12.4 Å². The normalized spacial score (nSPS) is 13.2. The Kier molecular flexibility index (Phi) is 9.96. The lowest BCUT2D eigenvalue weighted by Crippen LogP contribution is -2.41. The van der Waals surface area contributed by atoms with Crippen LogP contribution in [-0.4, -0.2) is 32.9 Å². The average molecular weight is 364 g/mol. The Morgan fingerprint density at radius 3 is 2.17 bits per heavy atom. The molecule has 0 spiro atoms. The maximum atomic E-state index is 12.1. The number of benzene rings is 1. The number of nitrogens with one attached hydrogen (secondary N) is 1. The van der Waals surface area contributed by atoms with Crippen molar-refractivity contribution in [2.45, 2.75) is 45.6 Å². The molecule has 0 aromatic heterocycles. The van der Waals surface area contributed by atoms with E-state index in [1.807, 2.05) is 31.2 Å². The van der Waals surface area contributed by atoms with Crippen LogP contribution in [0.2, 0.25) is 0 Å². The van der Waals surface area contributed by atoms with Crippen LogP contribution in [0.3, 0.4) is 0 Å². The summed E-state index contributed by atoms with van der Waals surface area (Å²) in [6, 6.07) is 7.67. The van der Waals surface area contributed by atoms with Crippen molar-refractivity contribution in [1.82, 2.24) is 9.03 Å². The maximum Gasteiger partial charge on any atom is 0.279 e. The van der Waals surface area contributed by atoms with Gasteiger partial charge in [-0.25, -0.2) is 4.72 Å². The Balaban J connectivity index is 0.00000484. The molecule has 5 nitrogen and oxygen atoms in total. The summed E-state index contributed by atoms with van der Waals surface area (Å²) >= 11 is 0. The summed E-state index contributed by atoms with van der Waals surface area (Å²) in [7, 11) is -1.87. The van der Waals surface area contributed by atoms with Crippen LogP contribution < -0.4 is 10.5 Å². The van der Waals surface area contributed by atoms with Crippen molar-refractivity contribution in [1.29, 1.82) is 0 Å². The van der Waals surface area contributed by atoms with Gasteiger partial charge in [-0.3, -0.25) is 0 Å². The molecule has 3 N–H and O–H groups in total.